The molecule has 0 fully saturated rings. The van der Waals surface area contributed by atoms with Gasteiger partial charge < -0.3 is 14.6 Å². The lowest BCUT2D eigenvalue weighted by Crippen LogP contribution is -2.47. The zero-order valence-electron chi connectivity index (χ0n) is 17.0. The number of hydrogen-bond acceptors (Lipinski definition) is 3. The Morgan fingerprint density at radius 2 is 1.41 bits per heavy atom. The van der Waals surface area contributed by atoms with E-state index < -0.39 is 26.6 Å². The van der Waals surface area contributed by atoms with Gasteiger partial charge in [-0.3, -0.25) is 0 Å². The minimum Gasteiger partial charge on any atom is -0.408 e. The van der Waals surface area contributed by atoms with Crippen LogP contribution in [-0.2, 0) is 4.43 Å². The van der Waals surface area contributed by atoms with Crippen LogP contribution in [0, 0.1) is 0 Å². The minimum atomic E-state index is -2.14. The molecular formula is C23H32O3Si. The molecule has 2 N–H and O–H groups in total. The third-order valence-electron chi connectivity index (χ3n) is 5.32. The number of hydrogen-bond donors (Lipinski definition) is 2. The van der Waals surface area contributed by atoms with Crippen molar-refractivity contribution in [3.63, 3.8) is 0 Å². The smallest absolute Gasteiger partial charge is 0.193 e. The number of benzene rings is 2. The minimum absolute atomic E-state index is 0.00323. The second-order valence-electron chi connectivity index (χ2n) is 8.46. The molecule has 0 aliphatic heterocycles. The third kappa shape index (κ3) is 5.88. The van der Waals surface area contributed by atoms with Crippen molar-refractivity contribution in [2.75, 3.05) is 0 Å². The van der Waals surface area contributed by atoms with Gasteiger partial charge in [-0.1, -0.05) is 93.6 Å². The zero-order chi connectivity index (χ0) is 20.1. The standard InChI is InChI=1S/C23H32O3Si/c1-23(2,3)27(4,5)26-20(17-16-18-12-8-6-9-13-18)22(25)21(24)19-14-10-7-11-15-19/h6-17,20-22,24-25H,1-5H3/b17-16+/t20-,21-,22-/m0/s1. The van der Waals surface area contributed by atoms with Crippen molar-refractivity contribution in [1.82, 2.24) is 0 Å². The van der Waals surface area contributed by atoms with Crippen molar-refractivity contribution >= 4 is 14.4 Å². The molecule has 0 aromatic heterocycles. The fourth-order valence-electron chi connectivity index (χ4n) is 2.54. The largest absolute Gasteiger partial charge is 0.408 e. The lowest BCUT2D eigenvalue weighted by molar-refractivity contribution is -0.0378. The third-order valence-corrected chi connectivity index (χ3v) is 9.79. The van der Waals surface area contributed by atoms with Crippen molar-refractivity contribution in [1.29, 1.82) is 0 Å². The lowest BCUT2D eigenvalue weighted by Gasteiger charge is -2.40. The Hall–Kier alpha value is -1.72. The van der Waals surface area contributed by atoms with Gasteiger partial charge in [-0.2, -0.15) is 0 Å². The predicted molar refractivity (Wildman–Crippen MR) is 115 cm³/mol. The van der Waals surface area contributed by atoms with Crippen LogP contribution in [0.25, 0.3) is 6.08 Å². The molecule has 2 aromatic rings. The summed E-state index contributed by atoms with van der Waals surface area (Å²) in [5.41, 5.74) is 1.71. The van der Waals surface area contributed by atoms with E-state index in [2.05, 4.69) is 33.9 Å². The summed E-state index contributed by atoms with van der Waals surface area (Å²) in [6, 6.07) is 19.1. The highest BCUT2D eigenvalue weighted by molar-refractivity contribution is 6.74. The van der Waals surface area contributed by atoms with Gasteiger partial charge in [0.1, 0.15) is 12.2 Å². The van der Waals surface area contributed by atoms with E-state index in [9.17, 15) is 10.2 Å². The molecule has 0 spiro atoms. The summed E-state index contributed by atoms with van der Waals surface area (Å²) in [7, 11) is -2.14. The average Bonchev–Trinajstić information content (AvgIpc) is 2.64. The maximum absolute atomic E-state index is 10.9. The van der Waals surface area contributed by atoms with E-state index in [0.29, 0.717) is 5.56 Å². The van der Waals surface area contributed by atoms with E-state index in [-0.39, 0.29) is 5.04 Å². The highest BCUT2D eigenvalue weighted by Gasteiger charge is 2.41. The van der Waals surface area contributed by atoms with Crippen LogP contribution >= 0.6 is 0 Å². The fourth-order valence-corrected chi connectivity index (χ4v) is 3.79. The number of aliphatic hydroxyl groups is 2. The van der Waals surface area contributed by atoms with Gasteiger partial charge in [-0.05, 0) is 29.3 Å². The summed E-state index contributed by atoms with van der Waals surface area (Å²) in [5, 5.41) is 21.6. The maximum atomic E-state index is 10.9. The molecule has 0 aliphatic rings. The summed E-state index contributed by atoms with van der Waals surface area (Å²) in [6.07, 6.45) is 1.15. The molecule has 0 aliphatic carbocycles. The van der Waals surface area contributed by atoms with Crippen LogP contribution in [0.2, 0.25) is 18.1 Å². The Labute approximate surface area is 164 Å². The Morgan fingerprint density at radius 3 is 1.93 bits per heavy atom. The fraction of sp³-hybridized carbons (Fsp3) is 0.391. The zero-order valence-corrected chi connectivity index (χ0v) is 18.0. The van der Waals surface area contributed by atoms with Crippen LogP contribution in [0.3, 0.4) is 0 Å². The van der Waals surface area contributed by atoms with Crippen LogP contribution in [-0.4, -0.2) is 30.7 Å². The Bertz CT molecular complexity index is 720. The molecule has 0 amide bonds. The first-order valence-electron chi connectivity index (χ1n) is 9.44. The number of rotatable bonds is 7. The molecule has 3 nitrogen and oxygen atoms in total. The SMILES string of the molecule is CC(C)(C)[Si](C)(C)O[C@@H](/C=C/c1ccccc1)[C@H](O)[C@@H](O)c1ccccc1. The second kappa shape index (κ2) is 8.98. The summed E-state index contributed by atoms with van der Waals surface area (Å²) in [5.74, 6) is 0. The van der Waals surface area contributed by atoms with Crippen LogP contribution in [0.1, 0.15) is 38.0 Å². The van der Waals surface area contributed by atoms with Crippen LogP contribution in [0.15, 0.2) is 66.7 Å². The molecule has 0 unspecified atom stereocenters. The van der Waals surface area contributed by atoms with Gasteiger partial charge in [0.25, 0.3) is 0 Å². The molecule has 0 saturated heterocycles. The summed E-state index contributed by atoms with van der Waals surface area (Å²) < 4.78 is 6.47. The van der Waals surface area contributed by atoms with Crippen molar-refractivity contribution in [2.45, 2.75) is 57.2 Å². The summed E-state index contributed by atoms with van der Waals surface area (Å²) >= 11 is 0. The number of aliphatic hydroxyl groups excluding tert-OH is 2. The highest BCUT2D eigenvalue weighted by atomic mass is 28.4. The Morgan fingerprint density at radius 1 is 0.889 bits per heavy atom. The van der Waals surface area contributed by atoms with Gasteiger partial charge in [-0.15, -0.1) is 0 Å². The van der Waals surface area contributed by atoms with Crippen molar-refractivity contribution in [3.05, 3.63) is 77.9 Å². The molecule has 0 saturated carbocycles. The maximum Gasteiger partial charge on any atom is 0.193 e. The topological polar surface area (TPSA) is 49.7 Å². The van der Waals surface area contributed by atoms with Gasteiger partial charge in [0.2, 0.25) is 0 Å². The molecule has 3 atom stereocenters. The Kier molecular flexibility index (Phi) is 7.17. The van der Waals surface area contributed by atoms with E-state index in [1.54, 1.807) is 0 Å². The van der Waals surface area contributed by atoms with Crippen LogP contribution < -0.4 is 0 Å². The van der Waals surface area contributed by atoms with Gasteiger partial charge in [0, 0.05) is 0 Å². The Balaban J connectivity index is 2.29. The summed E-state index contributed by atoms with van der Waals surface area (Å²) in [6.45, 7) is 10.8. The van der Waals surface area contributed by atoms with Crippen LogP contribution in [0.5, 0.6) is 0 Å². The van der Waals surface area contributed by atoms with Gasteiger partial charge in [0.15, 0.2) is 8.32 Å². The second-order valence-corrected chi connectivity index (χ2v) is 13.2. The van der Waals surface area contributed by atoms with Crippen molar-refractivity contribution < 1.29 is 14.6 Å². The lowest BCUT2D eigenvalue weighted by atomic mass is 10.00. The molecular weight excluding hydrogens is 352 g/mol. The van der Waals surface area contributed by atoms with Gasteiger partial charge in [0.05, 0.1) is 6.10 Å². The first-order valence-corrected chi connectivity index (χ1v) is 12.3. The van der Waals surface area contributed by atoms with Crippen molar-refractivity contribution in [2.24, 2.45) is 0 Å². The molecule has 0 bridgehead atoms. The van der Waals surface area contributed by atoms with E-state index >= 15 is 0 Å². The first kappa shape index (κ1) is 21.6. The van der Waals surface area contributed by atoms with E-state index in [1.807, 2.05) is 72.8 Å². The van der Waals surface area contributed by atoms with E-state index in [0.717, 1.165) is 5.56 Å². The van der Waals surface area contributed by atoms with E-state index in [4.69, 9.17) is 4.43 Å². The van der Waals surface area contributed by atoms with Crippen LogP contribution in [0.4, 0.5) is 0 Å². The normalized spacial score (nSPS) is 16.3. The quantitative estimate of drug-likeness (QED) is 0.646. The molecule has 0 heterocycles. The van der Waals surface area contributed by atoms with Gasteiger partial charge >= 0.3 is 0 Å². The molecule has 0 radical (unpaired) electrons. The van der Waals surface area contributed by atoms with E-state index in [1.165, 1.54) is 0 Å². The summed E-state index contributed by atoms with van der Waals surface area (Å²) in [4.78, 5) is 0. The molecule has 27 heavy (non-hydrogen) atoms. The molecule has 4 heteroatoms. The highest BCUT2D eigenvalue weighted by Crippen LogP contribution is 2.38. The molecule has 146 valence electrons. The molecule has 2 rings (SSSR count). The monoisotopic (exact) mass is 384 g/mol. The van der Waals surface area contributed by atoms with Gasteiger partial charge in [-0.25, -0.2) is 0 Å². The predicted octanol–water partition coefficient (Wildman–Crippen LogP) is 5.18. The first-order chi connectivity index (χ1) is 12.6. The molecule has 2 aromatic carbocycles. The van der Waals surface area contributed by atoms with Crippen molar-refractivity contribution in [3.8, 4) is 0 Å². The average molecular weight is 385 g/mol.